The fraction of sp³-hybridized carbons (Fsp3) is 0.458. The van der Waals surface area contributed by atoms with Crippen molar-refractivity contribution in [2.45, 2.75) is 57.8 Å². The van der Waals surface area contributed by atoms with Crippen molar-refractivity contribution in [1.29, 1.82) is 16.2 Å². The third-order valence-electron chi connectivity index (χ3n) is 5.76. The van der Waals surface area contributed by atoms with E-state index in [-0.39, 0.29) is 18.5 Å². The van der Waals surface area contributed by atoms with Crippen LogP contribution < -0.4 is 0 Å². The van der Waals surface area contributed by atoms with E-state index in [0.29, 0.717) is 73.4 Å². The molecule has 0 heterocycles. The minimum atomic E-state index is -0.410. The molecule has 0 aliphatic heterocycles. The van der Waals surface area contributed by atoms with Crippen molar-refractivity contribution in [2.75, 3.05) is 6.61 Å². The van der Waals surface area contributed by atoms with Crippen LogP contribution in [0.25, 0.3) is 0 Å². The molecule has 0 aromatic rings. The van der Waals surface area contributed by atoms with Gasteiger partial charge in [-0.1, -0.05) is 18.2 Å². The van der Waals surface area contributed by atoms with Crippen molar-refractivity contribution in [2.24, 2.45) is 5.92 Å². The van der Waals surface area contributed by atoms with Gasteiger partial charge in [0, 0.05) is 54.0 Å². The zero-order chi connectivity index (χ0) is 22.2. The zero-order valence-corrected chi connectivity index (χ0v) is 17.7. The summed E-state index contributed by atoms with van der Waals surface area (Å²) >= 11 is 0. The van der Waals surface area contributed by atoms with Crippen molar-refractivity contribution >= 4 is 29.1 Å². The van der Waals surface area contributed by atoms with E-state index in [2.05, 4.69) is 0 Å². The summed E-state index contributed by atoms with van der Waals surface area (Å²) in [4.78, 5) is 24.1. The van der Waals surface area contributed by atoms with E-state index in [1.54, 1.807) is 18.2 Å². The lowest BCUT2D eigenvalue weighted by Crippen LogP contribution is -2.25. The van der Waals surface area contributed by atoms with Gasteiger partial charge in [-0.2, -0.15) is 0 Å². The van der Waals surface area contributed by atoms with Crippen molar-refractivity contribution in [3.8, 4) is 0 Å². The molecule has 3 rings (SSSR count). The Balaban J connectivity index is 1.40. The number of allylic oxidation sites excluding steroid dienone is 6. The second-order valence-electron chi connectivity index (χ2n) is 8.13. The first-order valence-electron chi connectivity index (χ1n) is 10.8. The van der Waals surface area contributed by atoms with Gasteiger partial charge in [0.05, 0.1) is 6.61 Å². The Hall–Kier alpha value is -3.09. The Morgan fingerprint density at radius 2 is 1.87 bits per heavy atom. The maximum absolute atomic E-state index is 12.2. The molecule has 7 nitrogen and oxygen atoms in total. The van der Waals surface area contributed by atoms with Gasteiger partial charge >= 0.3 is 11.9 Å². The second-order valence-corrected chi connectivity index (χ2v) is 8.13. The summed E-state index contributed by atoms with van der Waals surface area (Å²) in [7, 11) is 0. The Kier molecular flexibility index (Phi) is 7.87. The van der Waals surface area contributed by atoms with E-state index < -0.39 is 5.97 Å². The summed E-state index contributed by atoms with van der Waals surface area (Å²) in [6.45, 7) is 0.276. The quantitative estimate of drug-likeness (QED) is 0.409. The number of ether oxygens (including phenoxy) is 2. The zero-order valence-electron chi connectivity index (χ0n) is 17.7. The first kappa shape index (κ1) is 22.6. The highest BCUT2D eigenvalue weighted by molar-refractivity contribution is 6.04. The van der Waals surface area contributed by atoms with Crippen LogP contribution in [0.2, 0.25) is 0 Å². The van der Waals surface area contributed by atoms with E-state index in [0.717, 1.165) is 18.4 Å². The van der Waals surface area contributed by atoms with Crippen LogP contribution in [0.15, 0.2) is 47.3 Å². The molecular formula is C24H29N3O4. The van der Waals surface area contributed by atoms with Gasteiger partial charge in [0.2, 0.25) is 0 Å². The second kappa shape index (κ2) is 10.8. The predicted molar refractivity (Wildman–Crippen MR) is 119 cm³/mol. The van der Waals surface area contributed by atoms with Crippen LogP contribution in [0.1, 0.15) is 57.8 Å². The Morgan fingerprint density at radius 1 is 1.03 bits per heavy atom. The van der Waals surface area contributed by atoms with E-state index >= 15 is 0 Å². The molecule has 7 heteroatoms. The molecule has 0 spiro atoms. The van der Waals surface area contributed by atoms with E-state index in [4.69, 9.17) is 25.7 Å². The van der Waals surface area contributed by atoms with Gasteiger partial charge in [0.1, 0.15) is 5.76 Å². The van der Waals surface area contributed by atoms with Crippen molar-refractivity contribution in [3.63, 3.8) is 0 Å². The molecule has 0 aromatic carbocycles. The molecule has 0 radical (unpaired) electrons. The molecule has 31 heavy (non-hydrogen) atoms. The smallest absolute Gasteiger partial charge is 0.338 e. The molecule has 0 saturated heterocycles. The summed E-state index contributed by atoms with van der Waals surface area (Å²) in [5, 5.41) is 23.2. The lowest BCUT2D eigenvalue weighted by molar-refractivity contribution is -0.138. The monoisotopic (exact) mass is 423 g/mol. The van der Waals surface area contributed by atoms with Crippen LogP contribution in [-0.2, 0) is 19.1 Å². The molecule has 1 saturated carbocycles. The lowest BCUT2D eigenvalue weighted by atomic mass is 9.84. The molecule has 3 aliphatic carbocycles. The number of carbonyl (C=O) groups excluding carboxylic acids is 2. The minimum absolute atomic E-state index is 0.106. The number of esters is 2. The summed E-state index contributed by atoms with van der Waals surface area (Å²) in [6, 6.07) is 0. The topological polar surface area (TPSA) is 124 Å². The van der Waals surface area contributed by atoms with Crippen LogP contribution in [0, 0.1) is 22.1 Å². The highest BCUT2D eigenvalue weighted by Gasteiger charge is 2.22. The van der Waals surface area contributed by atoms with Crippen molar-refractivity contribution in [1.82, 2.24) is 0 Å². The van der Waals surface area contributed by atoms with Crippen LogP contribution in [0.5, 0.6) is 0 Å². The average molecular weight is 424 g/mol. The maximum atomic E-state index is 12.2. The SMILES string of the molecule is N=C1CC=C(C(=O)OC2=CC=C(C=CC(=O)OCCC3CCC(=N)CC3=N)CC2)CC1. The molecule has 1 fully saturated rings. The molecule has 0 bridgehead atoms. The van der Waals surface area contributed by atoms with Gasteiger partial charge < -0.3 is 25.7 Å². The number of carbonyl (C=O) groups is 2. The van der Waals surface area contributed by atoms with Gasteiger partial charge in [-0.15, -0.1) is 0 Å². The number of hydrogen-bond acceptors (Lipinski definition) is 7. The highest BCUT2D eigenvalue weighted by atomic mass is 16.5. The van der Waals surface area contributed by atoms with E-state index in [1.165, 1.54) is 6.08 Å². The first-order valence-corrected chi connectivity index (χ1v) is 10.8. The van der Waals surface area contributed by atoms with E-state index in [9.17, 15) is 9.59 Å². The van der Waals surface area contributed by atoms with Crippen molar-refractivity contribution in [3.05, 3.63) is 47.3 Å². The lowest BCUT2D eigenvalue weighted by Gasteiger charge is -2.23. The van der Waals surface area contributed by atoms with E-state index in [1.807, 2.05) is 6.08 Å². The Labute approximate surface area is 182 Å². The van der Waals surface area contributed by atoms with Crippen LogP contribution in [0.3, 0.4) is 0 Å². The number of hydrogen-bond donors (Lipinski definition) is 3. The standard InChI is InChI=1S/C24H29N3O4/c25-19-7-5-18(6-8-19)24(29)31-21-10-1-16(2-11-21)3-12-23(28)30-14-13-17-4-9-20(26)15-22(17)27/h1,3,5,10,12,17,25-27H,2,4,6-9,11,13-15H2. The molecule has 164 valence electrons. The van der Waals surface area contributed by atoms with Gasteiger partial charge in [0.15, 0.2) is 0 Å². The highest BCUT2D eigenvalue weighted by Crippen LogP contribution is 2.24. The number of nitrogens with one attached hydrogen (secondary N) is 3. The largest absolute Gasteiger partial charge is 0.463 e. The third-order valence-corrected chi connectivity index (χ3v) is 5.76. The Bertz CT molecular complexity index is 908. The maximum Gasteiger partial charge on any atom is 0.338 e. The van der Waals surface area contributed by atoms with Crippen LogP contribution in [-0.4, -0.2) is 35.7 Å². The molecule has 0 aromatic heterocycles. The van der Waals surface area contributed by atoms with Gasteiger partial charge in [-0.05, 0) is 50.2 Å². The van der Waals surface area contributed by atoms with Gasteiger partial charge in [-0.3, -0.25) is 0 Å². The minimum Gasteiger partial charge on any atom is -0.463 e. The van der Waals surface area contributed by atoms with Gasteiger partial charge in [0.25, 0.3) is 0 Å². The summed E-state index contributed by atoms with van der Waals surface area (Å²) in [5.74, 6) is -0.0337. The fourth-order valence-electron chi connectivity index (χ4n) is 3.79. The molecule has 3 aliphatic rings. The predicted octanol–water partition coefficient (Wildman–Crippen LogP) is 4.59. The fourth-order valence-corrected chi connectivity index (χ4v) is 3.79. The Morgan fingerprint density at radius 3 is 2.55 bits per heavy atom. The first-order chi connectivity index (χ1) is 14.9. The van der Waals surface area contributed by atoms with Crippen molar-refractivity contribution < 1.29 is 19.1 Å². The molecule has 0 amide bonds. The molecule has 1 unspecified atom stereocenters. The van der Waals surface area contributed by atoms with Gasteiger partial charge in [-0.25, -0.2) is 9.59 Å². The average Bonchev–Trinajstić information content (AvgIpc) is 2.75. The normalized spacial score (nSPS) is 22.0. The molecular weight excluding hydrogens is 394 g/mol. The summed E-state index contributed by atoms with van der Waals surface area (Å²) in [6.07, 6.45) is 14.0. The summed E-state index contributed by atoms with van der Waals surface area (Å²) in [5.41, 5.74) is 3.41. The third kappa shape index (κ3) is 6.98. The van der Waals surface area contributed by atoms with Crippen LogP contribution >= 0.6 is 0 Å². The van der Waals surface area contributed by atoms with Crippen LogP contribution in [0.4, 0.5) is 0 Å². The molecule has 1 atom stereocenters. The molecule has 3 N–H and O–H groups in total. The number of rotatable bonds is 7. The summed E-state index contributed by atoms with van der Waals surface area (Å²) < 4.78 is 10.7.